The van der Waals surface area contributed by atoms with Gasteiger partial charge in [0, 0.05) is 5.33 Å². The molecule has 4 nitrogen and oxygen atoms in total. The number of furan rings is 2. The van der Waals surface area contributed by atoms with Crippen LogP contribution >= 0.6 is 15.9 Å². The first kappa shape index (κ1) is 12.1. The third-order valence-corrected chi connectivity index (χ3v) is 3.38. The zero-order valence-electron chi connectivity index (χ0n) is 8.93. The van der Waals surface area contributed by atoms with E-state index in [0.29, 0.717) is 5.76 Å². The summed E-state index contributed by atoms with van der Waals surface area (Å²) in [6, 6.07) is 6.50. The fourth-order valence-electron chi connectivity index (χ4n) is 1.53. The van der Waals surface area contributed by atoms with Gasteiger partial charge in [0.05, 0.1) is 18.9 Å². The Balaban J connectivity index is 2.18. The summed E-state index contributed by atoms with van der Waals surface area (Å²) >= 11 is 3.19. The van der Waals surface area contributed by atoms with Crippen LogP contribution in [0.2, 0.25) is 0 Å². The van der Waals surface area contributed by atoms with Gasteiger partial charge in [-0.15, -0.1) is 0 Å². The minimum atomic E-state index is -1.35. The summed E-state index contributed by atoms with van der Waals surface area (Å²) in [5.74, 6) is 0.318. The summed E-state index contributed by atoms with van der Waals surface area (Å²) in [5.41, 5.74) is -1.35. The number of hydrogen-bond acceptors (Lipinski definition) is 4. The molecule has 1 unspecified atom stereocenters. The fraction of sp³-hybridized carbons (Fsp3) is 0.250. The highest BCUT2D eigenvalue weighted by atomic mass is 79.9. The van der Waals surface area contributed by atoms with Gasteiger partial charge in [0.1, 0.15) is 11.4 Å². The van der Waals surface area contributed by atoms with Crippen molar-refractivity contribution in [2.24, 2.45) is 0 Å². The molecule has 2 aromatic heterocycles. The molecule has 0 fully saturated rings. The van der Waals surface area contributed by atoms with Crippen molar-refractivity contribution in [1.29, 1.82) is 0 Å². The smallest absolute Gasteiger partial charge is 0.201 e. The third-order valence-electron chi connectivity index (χ3n) is 2.45. The van der Waals surface area contributed by atoms with Gasteiger partial charge >= 0.3 is 0 Å². The van der Waals surface area contributed by atoms with Gasteiger partial charge in [-0.3, -0.25) is 4.79 Å². The van der Waals surface area contributed by atoms with Crippen molar-refractivity contribution in [3.8, 4) is 0 Å². The van der Waals surface area contributed by atoms with Gasteiger partial charge in [-0.1, -0.05) is 15.9 Å². The Morgan fingerprint density at radius 3 is 2.53 bits per heavy atom. The number of ketones is 1. The van der Waals surface area contributed by atoms with E-state index < -0.39 is 5.60 Å². The molecule has 5 heteroatoms. The van der Waals surface area contributed by atoms with E-state index >= 15 is 0 Å². The minimum absolute atomic E-state index is 0.0979. The molecule has 0 aliphatic carbocycles. The molecule has 0 radical (unpaired) electrons. The molecule has 2 heterocycles. The van der Waals surface area contributed by atoms with E-state index in [0.717, 1.165) is 0 Å². The topological polar surface area (TPSA) is 63.6 Å². The summed E-state index contributed by atoms with van der Waals surface area (Å²) in [5, 5.41) is 10.6. The van der Waals surface area contributed by atoms with Crippen molar-refractivity contribution >= 4 is 21.7 Å². The Bertz CT molecular complexity index is 475. The lowest BCUT2D eigenvalue weighted by atomic mass is 9.95. The normalized spacial score (nSPS) is 14.5. The van der Waals surface area contributed by atoms with E-state index in [2.05, 4.69) is 15.9 Å². The molecule has 1 N–H and O–H groups in total. The molecule has 2 rings (SSSR count). The van der Waals surface area contributed by atoms with Crippen LogP contribution < -0.4 is 0 Å². The molecule has 0 amide bonds. The maximum atomic E-state index is 11.9. The maximum Gasteiger partial charge on any atom is 0.201 e. The predicted octanol–water partition coefficient (Wildman–Crippen LogP) is 2.73. The molecule has 0 aliphatic heterocycles. The third kappa shape index (κ3) is 2.50. The molecular formula is C12H11BrO4. The molecule has 17 heavy (non-hydrogen) atoms. The second-order valence-corrected chi connectivity index (χ2v) is 4.28. The van der Waals surface area contributed by atoms with Crippen LogP contribution in [0.4, 0.5) is 0 Å². The Morgan fingerprint density at radius 1 is 1.29 bits per heavy atom. The minimum Gasteiger partial charge on any atom is -0.466 e. The molecule has 2 aromatic rings. The van der Waals surface area contributed by atoms with E-state index in [4.69, 9.17) is 8.83 Å². The first-order chi connectivity index (χ1) is 8.15. The molecule has 0 spiro atoms. The zero-order valence-corrected chi connectivity index (χ0v) is 10.5. The van der Waals surface area contributed by atoms with Gasteiger partial charge < -0.3 is 13.9 Å². The number of rotatable bonds is 5. The SMILES string of the molecule is O=C(CC(O)(CBr)c1ccco1)c1ccco1. The van der Waals surface area contributed by atoms with Crippen molar-refractivity contribution in [2.45, 2.75) is 12.0 Å². The van der Waals surface area contributed by atoms with Crippen LogP contribution in [-0.4, -0.2) is 16.2 Å². The number of hydrogen-bond donors (Lipinski definition) is 1. The van der Waals surface area contributed by atoms with Gasteiger partial charge in [0.25, 0.3) is 0 Å². The van der Waals surface area contributed by atoms with Gasteiger partial charge in [-0.25, -0.2) is 0 Å². The van der Waals surface area contributed by atoms with Crippen LogP contribution in [0.3, 0.4) is 0 Å². The zero-order chi connectivity index (χ0) is 12.3. The number of alkyl halides is 1. The van der Waals surface area contributed by atoms with E-state index in [1.54, 1.807) is 24.3 Å². The average molecular weight is 299 g/mol. The highest BCUT2D eigenvalue weighted by Crippen LogP contribution is 2.29. The molecule has 0 saturated heterocycles. The Labute approximate surface area is 106 Å². The van der Waals surface area contributed by atoms with Crippen LogP contribution in [-0.2, 0) is 5.60 Å². The van der Waals surface area contributed by atoms with Crippen LogP contribution in [0.25, 0.3) is 0 Å². The summed E-state index contributed by atoms with van der Waals surface area (Å²) in [6.45, 7) is 0. The largest absolute Gasteiger partial charge is 0.466 e. The highest BCUT2D eigenvalue weighted by Gasteiger charge is 2.34. The summed E-state index contributed by atoms with van der Waals surface area (Å²) in [7, 11) is 0. The number of carbonyl (C=O) groups excluding carboxylic acids is 1. The molecule has 0 aliphatic rings. The molecule has 0 saturated carbocycles. The van der Waals surface area contributed by atoms with Crippen LogP contribution in [0.15, 0.2) is 45.6 Å². The highest BCUT2D eigenvalue weighted by molar-refractivity contribution is 9.09. The Hall–Kier alpha value is -1.33. The standard InChI is InChI=1S/C12H11BrO4/c13-8-12(15,11-4-2-6-17-11)7-9(14)10-3-1-5-16-10/h1-6,15H,7-8H2. The van der Waals surface area contributed by atoms with E-state index in [9.17, 15) is 9.90 Å². The van der Waals surface area contributed by atoms with E-state index in [1.807, 2.05) is 0 Å². The lowest BCUT2D eigenvalue weighted by Crippen LogP contribution is -2.30. The molecule has 0 aromatic carbocycles. The van der Waals surface area contributed by atoms with Crippen molar-refractivity contribution < 1.29 is 18.7 Å². The van der Waals surface area contributed by atoms with E-state index in [1.165, 1.54) is 12.5 Å². The number of Topliss-reactive ketones (excluding diaryl/α,β-unsaturated/α-hetero) is 1. The summed E-state index contributed by atoms with van der Waals surface area (Å²) in [4.78, 5) is 11.9. The van der Waals surface area contributed by atoms with Gasteiger partial charge in [0.15, 0.2) is 5.76 Å². The van der Waals surface area contributed by atoms with Crippen molar-refractivity contribution in [2.75, 3.05) is 5.33 Å². The number of halogens is 1. The molecule has 1 atom stereocenters. The average Bonchev–Trinajstić information content (AvgIpc) is 3.01. The summed E-state index contributed by atoms with van der Waals surface area (Å²) < 4.78 is 10.1. The fourth-order valence-corrected chi connectivity index (χ4v) is 2.01. The molecular weight excluding hydrogens is 288 g/mol. The molecule has 0 bridgehead atoms. The maximum absolute atomic E-state index is 11.9. The lowest BCUT2D eigenvalue weighted by molar-refractivity contribution is 0.0296. The lowest BCUT2D eigenvalue weighted by Gasteiger charge is -2.22. The second kappa shape index (κ2) is 4.89. The van der Waals surface area contributed by atoms with Crippen molar-refractivity contribution in [3.63, 3.8) is 0 Å². The van der Waals surface area contributed by atoms with Crippen LogP contribution in [0, 0.1) is 0 Å². The monoisotopic (exact) mass is 298 g/mol. The quantitative estimate of drug-likeness (QED) is 0.681. The summed E-state index contributed by atoms with van der Waals surface area (Å²) in [6.07, 6.45) is 2.78. The van der Waals surface area contributed by atoms with Crippen LogP contribution in [0.1, 0.15) is 22.7 Å². The first-order valence-electron chi connectivity index (χ1n) is 5.05. The van der Waals surface area contributed by atoms with Gasteiger partial charge in [-0.05, 0) is 24.3 Å². The van der Waals surface area contributed by atoms with Crippen molar-refractivity contribution in [1.82, 2.24) is 0 Å². The molecule has 90 valence electrons. The Kier molecular flexibility index (Phi) is 3.49. The van der Waals surface area contributed by atoms with E-state index in [-0.39, 0.29) is 23.3 Å². The van der Waals surface area contributed by atoms with Gasteiger partial charge in [0.2, 0.25) is 5.78 Å². The van der Waals surface area contributed by atoms with Crippen molar-refractivity contribution in [3.05, 3.63) is 48.3 Å². The second-order valence-electron chi connectivity index (χ2n) is 3.72. The van der Waals surface area contributed by atoms with Gasteiger partial charge in [-0.2, -0.15) is 0 Å². The van der Waals surface area contributed by atoms with Crippen LogP contribution in [0.5, 0.6) is 0 Å². The predicted molar refractivity (Wildman–Crippen MR) is 64.1 cm³/mol. The first-order valence-corrected chi connectivity index (χ1v) is 6.17. The Morgan fingerprint density at radius 2 is 2.00 bits per heavy atom. The number of aliphatic hydroxyl groups is 1. The number of carbonyl (C=O) groups is 1.